The number of urea groups is 1. The molecule has 0 aromatic heterocycles. The molecule has 2 N–H and O–H groups in total. The van der Waals surface area contributed by atoms with E-state index in [0.717, 1.165) is 12.8 Å². The summed E-state index contributed by atoms with van der Waals surface area (Å²) in [5.74, 6) is 0.109. The second-order valence-electron chi connectivity index (χ2n) is 5.56. The molecule has 1 rings (SSSR count). The van der Waals surface area contributed by atoms with Gasteiger partial charge in [0.05, 0.1) is 0 Å². The molecule has 1 aliphatic carbocycles. The third kappa shape index (κ3) is 5.94. The molecule has 1 saturated carbocycles. The molecule has 1 fully saturated rings. The normalized spacial score (nSPS) is 16.2. The van der Waals surface area contributed by atoms with Crippen molar-refractivity contribution in [1.29, 1.82) is 0 Å². The van der Waals surface area contributed by atoms with E-state index in [-0.39, 0.29) is 18.0 Å². The molecule has 0 bridgehead atoms. The topological polar surface area (TPSA) is 61.4 Å². The smallest absolute Gasteiger partial charge is 0.315 e. The molecule has 3 amide bonds. The van der Waals surface area contributed by atoms with Gasteiger partial charge in [-0.2, -0.15) is 0 Å². The molecular formula is C14H27N3O2. The molecule has 0 spiro atoms. The van der Waals surface area contributed by atoms with Crippen molar-refractivity contribution >= 4 is 11.9 Å². The first kappa shape index (κ1) is 15.8. The molecule has 0 heterocycles. The first-order chi connectivity index (χ1) is 9.00. The largest absolute Gasteiger partial charge is 0.338 e. The molecule has 5 nitrogen and oxygen atoms in total. The van der Waals surface area contributed by atoms with Crippen LogP contribution in [0.4, 0.5) is 4.79 Å². The van der Waals surface area contributed by atoms with Gasteiger partial charge >= 0.3 is 6.03 Å². The maximum absolute atomic E-state index is 11.7. The van der Waals surface area contributed by atoms with Gasteiger partial charge in [-0.05, 0) is 26.7 Å². The van der Waals surface area contributed by atoms with Crippen molar-refractivity contribution in [2.24, 2.45) is 0 Å². The van der Waals surface area contributed by atoms with E-state index in [1.165, 1.54) is 19.3 Å². The standard InChI is InChI=1S/C14H27N3O2/c1-11(2)16-14(19)15-9-10-17(12(3)18)13-7-5-4-6-8-13/h11,13H,4-10H2,1-3H3,(H2,15,16,19). The highest BCUT2D eigenvalue weighted by molar-refractivity contribution is 5.75. The van der Waals surface area contributed by atoms with Crippen LogP contribution < -0.4 is 10.6 Å². The summed E-state index contributed by atoms with van der Waals surface area (Å²) in [6.45, 7) is 6.57. The molecule has 0 unspecified atom stereocenters. The molecule has 0 radical (unpaired) electrons. The zero-order chi connectivity index (χ0) is 14.3. The fraction of sp³-hybridized carbons (Fsp3) is 0.857. The molecule has 110 valence electrons. The quantitative estimate of drug-likeness (QED) is 0.800. The summed E-state index contributed by atoms with van der Waals surface area (Å²) in [6.07, 6.45) is 5.87. The van der Waals surface area contributed by atoms with Gasteiger partial charge in [0.1, 0.15) is 0 Å². The number of nitrogens with one attached hydrogen (secondary N) is 2. The predicted octanol–water partition coefficient (Wildman–Crippen LogP) is 1.88. The van der Waals surface area contributed by atoms with Gasteiger partial charge < -0.3 is 15.5 Å². The number of carbonyl (C=O) groups is 2. The third-order valence-electron chi connectivity index (χ3n) is 3.48. The summed E-state index contributed by atoms with van der Waals surface area (Å²) in [7, 11) is 0. The maximum atomic E-state index is 11.7. The molecule has 5 heteroatoms. The van der Waals surface area contributed by atoms with Gasteiger partial charge in [0.25, 0.3) is 0 Å². The second-order valence-corrected chi connectivity index (χ2v) is 5.56. The Morgan fingerprint density at radius 1 is 1.21 bits per heavy atom. The van der Waals surface area contributed by atoms with E-state index in [4.69, 9.17) is 0 Å². The summed E-state index contributed by atoms with van der Waals surface area (Å²) in [6, 6.07) is 0.325. The van der Waals surface area contributed by atoms with Gasteiger partial charge in [-0.3, -0.25) is 4.79 Å². The van der Waals surface area contributed by atoms with E-state index in [0.29, 0.717) is 19.1 Å². The van der Waals surface area contributed by atoms with Crippen LogP contribution in [0.15, 0.2) is 0 Å². The predicted molar refractivity (Wildman–Crippen MR) is 75.9 cm³/mol. The van der Waals surface area contributed by atoms with Gasteiger partial charge in [-0.25, -0.2) is 4.79 Å². The van der Waals surface area contributed by atoms with E-state index < -0.39 is 0 Å². The van der Waals surface area contributed by atoms with E-state index in [2.05, 4.69) is 10.6 Å². The van der Waals surface area contributed by atoms with Crippen LogP contribution in [0.2, 0.25) is 0 Å². The molecule has 0 aliphatic heterocycles. The fourth-order valence-corrected chi connectivity index (χ4v) is 2.59. The lowest BCUT2D eigenvalue weighted by Gasteiger charge is -2.33. The van der Waals surface area contributed by atoms with Gasteiger partial charge in [-0.15, -0.1) is 0 Å². The van der Waals surface area contributed by atoms with Crippen LogP contribution in [-0.2, 0) is 4.79 Å². The van der Waals surface area contributed by atoms with Crippen LogP contribution in [0.1, 0.15) is 52.9 Å². The van der Waals surface area contributed by atoms with Crippen LogP contribution in [0.5, 0.6) is 0 Å². The summed E-state index contributed by atoms with van der Waals surface area (Å²) in [5.41, 5.74) is 0. The zero-order valence-electron chi connectivity index (χ0n) is 12.4. The Labute approximate surface area is 116 Å². The number of hydrogen-bond acceptors (Lipinski definition) is 2. The molecule has 1 aliphatic rings. The van der Waals surface area contributed by atoms with Crippen molar-refractivity contribution in [3.63, 3.8) is 0 Å². The van der Waals surface area contributed by atoms with Crippen molar-refractivity contribution < 1.29 is 9.59 Å². The average Bonchev–Trinajstić information content (AvgIpc) is 2.34. The van der Waals surface area contributed by atoms with Crippen molar-refractivity contribution in [2.75, 3.05) is 13.1 Å². The Morgan fingerprint density at radius 2 is 1.84 bits per heavy atom. The Kier molecular flexibility index (Phi) is 6.67. The Hall–Kier alpha value is -1.26. The lowest BCUT2D eigenvalue weighted by Crippen LogP contribution is -2.47. The maximum Gasteiger partial charge on any atom is 0.315 e. The number of nitrogens with zero attached hydrogens (tertiary/aromatic N) is 1. The number of amides is 3. The first-order valence-corrected chi connectivity index (χ1v) is 7.32. The summed E-state index contributed by atoms with van der Waals surface area (Å²) in [5, 5.41) is 5.57. The molecule has 0 saturated heterocycles. The lowest BCUT2D eigenvalue weighted by atomic mass is 9.94. The summed E-state index contributed by atoms with van der Waals surface area (Å²) < 4.78 is 0. The van der Waals surface area contributed by atoms with Crippen LogP contribution >= 0.6 is 0 Å². The molecule has 0 atom stereocenters. The van der Waals surface area contributed by atoms with Gasteiger partial charge in [0.15, 0.2) is 0 Å². The number of rotatable bonds is 5. The van der Waals surface area contributed by atoms with E-state index in [9.17, 15) is 9.59 Å². The van der Waals surface area contributed by atoms with Gasteiger partial charge in [0, 0.05) is 32.1 Å². The molecule has 19 heavy (non-hydrogen) atoms. The second kappa shape index (κ2) is 8.02. The van der Waals surface area contributed by atoms with Crippen molar-refractivity contribution in [3.8, 4) is 0 Å². The Balaban J connectivity index is 2.33. The molecule has 0 aromatic rings. The fourth-order valence-electron chi connectivity index (χ4n) is 2.59. The Morgan fingerprint density at radius 3 is 2.37 bits per heavy atom. The highest BCUT2D eigenvalue weighted by atomic mass is 16.2. The van der Waals surface area contributed by atoms with Crippen molar-refractivity contribution in [2.45, 2.75) is 65.0 Å². The molecule has 0 aromatic carbocycles. The minimum absolute atomic E-state index is 0.109. The lowest BCUT2D eigenvalue weighted by molar-refractivity contribution is -0.131. The van der Waals surface area contributed by atoms with Crippen LogP contribution in [0.3, 0.4) is 0 Å². The van der Waals surface area contributed by atoms with Crippen LogP contribution in [0, 0.1) is 0 Å². The highest BCUT2D eigenvalue weighted by Crippen LogP contribution is 2.22. The van der Waals surface area contributed by atoms with Crippen LogP contribution in [0.25, 0.3) is 0 Å². The Bertz CT molecular complexity index is 299. The monoisotopic (exact) mass is 269 g/mol. The average molecular weight is 269 g/mol. The van der Waals surface area contributed by atoms with E-state index in [1.54, 1.807) is 6.92 Å². The highest BCUT2D eigenvalue weighted by Gasteiger charge is 2.22. The summed E-state index contributed by atoms with van der Waals surface area (Å²) >= 11 is 0. The van der Waals surface area contributed by atoms with Crippen molar-refractivity contribution in [3.05, 3.63) is 0 Å². The third-order valence-corrected chi connectivity index (χ3v) is 3.48. The van der Waals surface area contributed by atoms with Crippen LogP contribution in [-0.4, -0.2) is 42.0 Å². The minimum Gasteiger partial charge on any atom is -0.338 e. The molecular weight excluding hydrogens is 242 g/mol. The SMILES string of the molecule is CC(=O)N(CCNC(=O)NC(C)C)C1CCCCC1. The summed E-state index contributed by atoms with van der Waals surface area (Å²) in [4.78, 5) is 25.1. The minimum atomic E-state index is -0.165. The number of carbonyl (C=O) groups excluding carboxylic acids is 2. The van der Waals surface area contributed by atoms with E-state index in [1.807, 2.05) is 18.7 Å². The van der Waals surface area contributed by atoms with E-state index >= 15 is 0 Å². The number of hydrogen-bond donors (Lipinski definition) is 2. The van der Waals surface area contributed by atoms with Gasteiger partial charge in [0.2, 0.25) is 5.91 Å². The van der Waals surface area contributed by atoms with Crippen molar-refractivity contribution in [1.82, 2.24) is 15.5 Å². The van der Waals surface area contributed by atoms with Gasteiger partial charge in [-0.1, -0.05) is 19.3 Å². The first-order valence-electron chi connectivity index (χ1n) is 7.32. The zero-order valence-corrected chi connectivity index (χ0v) is 12.4.